The summed E-state index contributed by atoms with van der Waals surface area (Å²) >= 11 is 0.723. The Balaban J connectivity index is 1.43. The molecule has 6 heterocycles. The number of nitrogens with one attached hydrogen (secondary N) is 1. The van der Waals surface area contributed by atoms with Crippen molar-refractivity contribution in [3.05, 3.63) is 34.5 Å². The fourth-order valence-corrected chi connectivity index (χ4v) is 7.87. The van der Waals surface area contributed by atoms with Crippen LogP contribution in [0.1, 0.15) is 36.0 Å². The van der Waals surface area contributed by atoms with Crippen LogP contribution in [0.4, 0.5) is 28.8 Å². The first-order valence-corrected chi connectivity index (χ1v) is 14.8. The van der Waals surface area contributed by atoms with E-state index in [-0.39, 0.29) is 63.3 Å². The van der Waals surface area contributed by atoms with Crippen LogP contribution in [0, 0.1) is 23.0 Å². The van der Waals surface area contributed by atoms with E-state index in [9.17, 15) is 23.9 Å². The number of amides is 1. The Labute approximate surface area is 252 Å². The molecule has 1 aromatic carbocycles. The number of carbonyl (C=O) groups is 1. The minimum absolute atomic E-state index is 0.0121. The van der Waals surface area contributed by atoms with Gasteiger partial charge in [0, 0.05) is 38.0 Å². The number of aromatic nitrogens is 3. The van der Waals surface area contributed by atoms with E-state index < -0.39 is 29.4 Å². The van der Waals surface area contributed by atoms with Crippen LogP contribution in [0.25, 0.3) is 32.2 Å². The number of nitriles is 1. The van der Waals surface area contributed by atoms with Gasteiger partial charge in [0.1, 0.15) is 35.2 Å². The SMILES string of the molecule is CN(C)c1nc(OC[C@@]23CCCN2C[C@H](F)C3)nc2c(F)c(-c3ncc(F)c4sc(NC(=O)O)c(C#N)c34)c3c(c12)COC3. The zero-order valence-corrected chi connectivity index (χ0v) is 24.5. The maximum atomic E-state index is 16.9. The summed E-state index contributed by atoms with van der Waals surface area (Å²) in [6.07, 6.45) is 0.581. The van der Waals surface area contributed by atoms with Gasteiger partial charge in [-0.3, -0.25) is 15.2 Å². The summed E-state index contributed by atoms with van der Waals surface area (Å²) in [4.78, 5) is 28.5. The van der Waals surface area contributed by atoms with Gasteiger partial charge in [-0.05, 0) is 30.5 Å². The fourth-order valence-electron chi connectivity index (χ4n) is 6.83. The fraction of sp³-hybridized carbons (Fsp3) is 0.414. The Bertz CT molecular complexity index is 1910. The van der Waals surface area contributed by atoms with E-state index in [0.29, 0.717) is 35.3 Å². The van der Waals surface area contributed by atoms with Crippen molar-refractivity contribution in [2.45, 2.75) is 44.2 Å². The van der Waals surface area contributed by atoms with Crippen molar-refractivity contribution in [3.63, 3.8) is 0 Å². The van der Waals surface area contributed by atoms with E-state index in [4.69, 9.17) is 9.47 Å². The first-order chi connectivity index (χ1) is 21.1. The summed E-state index contributed by atoms with van der Waals surface area (Å²) < 4.78 is 58.1. The molecule has 11 nitrogen and oxygen atoms in total. The van der Waals surface area contributed by atoms with Gasteiger partial charge in [0.05, 0.1) is 46.3 Å². The number of carboxylic acid groups (broad SMARTS) is 1. The summed E-state index contributed by atoms with van der Waals surface area (Å²) in [5.41, 5.74) is 0.262. The molecule has 0 aliphatic carbocycles. The van der Waals surface area contributed by atoms with Crippen LogP contribution in [0.3, 0.4) is 0 Å². The van der Waals surface area contributed by atoms with Crippen LogP contribution in [-0.4, -0.2) is 76.6 Å². The van der Waals surface area contributed by atoms with Gasteiger partial charge in [-0.1, -0.05) is 0 Å². The first-order valence-electron chi connectivity index (χ1n) is 13.9. The van der Waals surface area contributed by atoms with E-state index in [0.717, 1.165) is 36.9 Å². The second-order valence-electron chi connectivity index (χ2n) is 11.5. The predicted octanol–water partition coefficient (Wildman–Crippen LogP) is 5.20. The third-order valence-electron chi connectivity index (χ3n) is 8.65. The molecule has 0 radical (unpaired) electrons. The minimum atomic E-state index is -1.44. The molecule has 7 rings (SSSR count). The summed E-state index contributed by atoms with van der Waals surface area (Å²) in [5.74, 6) is -1.19. The highest BCUT2D eigenvalue weighted by Gasteiger charge is 2.49. The average Bonchev–Trinajstić information content (AvgIpc) is 3.75. The molecule has 228 valence electrons. The quantitative estimate of drug-likeness (QED) is 0.294. The van der Waals surface area contributed by atoms with Crippen molar-refractivity contribution in [2.24, 2.45) is 0 Å². The van der Waals surface area contributed by atoms with Gasteiger partial charge in [0.2, 0.25) is 0 Å². The molecule has 3 aromatic heterocycles. The van der Waals surface area contributed by atoms with Crippen molar-refractivity contribution < 1.29 is 32.5 Å². The number of hydrogen-bond donors (Lipinski definition) is 2. The molecule has 2 N–H and O–H groups in total. The van der Waals surface area contributed by atoms with Gasteiger partial charge in [-0.15, -0.1) is 11.3 Å². The summed E-state index contributed by atoms with van der Waals surface area (Å²) in [6.45, 7) is 1.41. The van der Waals surface area contributed by atoms with Crippen molar-refractivity contribution >= 4 is 49.2 Å². The largest absolute Gasteiger partial charge is 0.465 e. The molecule has 0 spiro atoms. The van der Waals surface area contributed by atoms with Gasteiger partial charge < -0.3 is 19.5 Å². The zero-order chi connectivity index (χ0) is 30.9. The van der Waals surface area contributed by atoms with E-state index >= 15 is 4.39 Å². The summed E-state index contributed by atoms with van der Waals surface area (Å²) in [5, 5.41) is 21.7. The van der Waals surface area contributed by atoms with Gasteiger partial charge in [0.25, 0.3) is 0 Å². The third kappa shape index (κ3) is 4.31. The van der Waals surface area contributed by atoms with Crippen LogP contribution in [0.5, 0.6) is 6.01 Å². The normalized spacial score (nSPS) is 21.0. The van der Waals surface area contributed by atoms with Crippen molar-refractivity contribution in [3.8, 4) is 23.3 Å². The van der Waals surface area contributed by atoms with Crippen LogP contribution in [0.15, 0.2) is 6.20 Å². The molecule has 44 heavy (non-hydrogen) atoms. The lowest BCUT2D eigenvalue weighted by atomic mass is 9.93. The molecular weight excluding hydrogens is 599 g/mol. The van der Waals surface area contributed by atoms with Crippen molar-refractivity contribution in [1.29, 1.82) is 5.26 Å². The smallest absolute Gasteiger partial charge is 0.409 e. The lowest BCUT2D eigenvalue weighted by Crippen LogP contribution is -2.43. The van der Waals surface area contributed by atoms with E-state index in [1.54, 1.807) is 19.0 Å². The summed E-state index contributed by atoms with van der Waals surface area (Å²) in [6, 6.07) is 1.85. The average molecular weight is 626 g/mol. The van der Waals surface area contributed by atoms with Crippen LogP contribution >= 0.6 is 11.3 Å². The van der Waals surface area contributed by atoms with E-state index in [2.05, 4.69) is 25.2 Å². The number of benzene rings is 1. The van der Waals surface area contributed by atoms with Crippen LogP contribution < -0.4 is 15.0 Å². The number of ether oxygens (including phenoxy) is 2. The summed E-state index contributed by atoms with van der Waals surface area (Å²) in [7, 11) is 3.52. The zero-order valence-electron chi connectivity index (χ0n) is 23.7. The molecular formula is C29H26F3N7O4S. The van der Waals surface area contributed by atoms with Gasteiger partial charge in [-0.2, -0.15) is 15.2 Å². The molecule has 1 amide bonds. The molecule has 4 aromatic rings. The van der Waals surface area contributed by atoms with E-state index in [1.807, 2.05) is 6.07 Å². The predicted molar refractivity (Wildman–Crippen MR) is 156 cm³/mol. The number of alkyl halides is 1. The first kappa shape index (κ1) is 28.5. The topological polar surface area (TPSA) is 137 Å². The van der Waals surface area contributed by atoms with Crippen LogP contribution in [0.2, 0.25) is 0 Å². The Kier molecular flexibility index (Phi) is 6.76. The molecule has 3 aliphatic heterocycles. The van der Waals surface area contributed by atoms with E-state index in [1.165, 1.54) is 0 Å². The second kappa shape index (κ2) is 10.4. The van der Waals surface area contributed by atoms with Crippen LogP contribution in [-0.2, 0) is 18.0 Å². The highest BCUT2D eigenvalue weighted by molar-refractivity contribution is 7.23. The molecule has 2 atom stereocenters. The molecule has 3 aliphatic rings. The second-order valence-corrected chi connectivity index (χ2v) is 12.5. The highest BCUT2D eigenvalue weighted by atomic mass is 32.1. The number of nitrogens with zero attached hydrogens (tertiary/aromatic N) is 6. The monoisotopic (exact) mass is 625 g/mol. The molecule has 0 unspecified atom stereocenters. The molecule has 0 bridgehead atoms. The number of pyridine rings is 1. The molecule has 2 fully saturated rings. The molecule has 0 saturated carbocycles. The van der Waals surface area contributed by atoms with Crippen molar-refractivity contribution in [1.82, 2.24) is 19.9 Å². The number of rotatable bonds is 6. The standard InChI is InChI=1S/C29H26F3N7O4S/c1-38(2)25-20-16-11-42-10-15(16)18(22-19-14(7-33)26(37-28(40)41)44-24(19)17(31)8-34-22)21(32)23(20)35-27(36-25)43-12-29-4-3-5-39(29)9-13(30)6-29/h8,13,37H,3-6,9-12H2,1-2H3,(H,40,41)/t13-,29+/m1/s1. The van der Waals surface area contributed by atoms with Gasteiger partial charge in [-0.25, -0.2) is 18.0 Å². The number of anilines is 2. The lowest BCUT2D eigenvalue weighted by molar-refractivity contribution is 0.107. The maximum Gasteiger partial charge on any atom is 0.409 e. The lowest BCUT2D eigenvalue weighted by Gasteiger charge is -2.31. The highest BCUT2D eigenvalue weighted by Crippen LogP contribution is 2.47. The maximum absolute atomic E-state index is 16.9. The number of fused-ring (bicyclic) bond motifs is 5. The number of hydrogen-bond acceptors (Lipinski definition) is 10. The Morgan fingerprint density at radius 2 is 2.11 bits per heavy atom. The molecule has 15 heteroatoms. The van der Waals surface area contributed by atoms with Gasteiger partial charge in [0.15, 0.2) is 11.6 Å². The Morgan fingerprint density at radius 3 is 2.86 bits per heavy atom. The number of thiophene rings is 1. The Morgan fingerprint density at radius 1 is 1.32 bits per heavy atom. The number of halogens is 3. The minimum Gasteiger partial charge on any atom is -0.465 e. The van der Waals surface area contributed by atoms with Crippen molar-refractivity contribution in [2.75, 3.05) is 44.0 Å². The van der Waals surface area contributed by atoms with Gasteiger partial charge >= 0.3 is 12.1 Å². The molecule has 2 saturated heterocycles. The Hall–Kier alpha value is -4.26. The third-order valence-corrected chi connectivity index (χ3v) is 9.76.